The van der Waals surface area contributed by atoms with Gasteiger partial charge in [-0.1, -0.05) is 29.8 Å². The molecule has 124 valence electrons. The molecule has 0 spiro atoms. The molecule has 1 aromatic heterocycles. The quantitative estimate of drug-likeness (QED) is 0.780. The summed E-state index contributed by atoms with van der Waals surface area (Å²) in [5.41, 5.74) is 0.927. The zero-order chi connectivity index (χ0) is 16.7. The molecule has 1 amide bonds. The van der Waals surface area contributed by atoms with Crippen molar-refractivity contribution in [3.63, 3.8) is 0 Å². The number of nitrogens with one attached hydrogen (secondary N) is 2. The molecule has 1 aromatic carbocycles. The van der Waals surface area contributed by atoms with Crippen LogP contribution in [0.25, 0.3) is 0 Å². The molecule has 0 aliphatic rings. The Morgan fingerprint density at radius 3 is 2.78 bits per heavy atom. The third kappa shape index (κ3) is 5.37. The highest BCUT2D eigenvalue weighted by Gasteiger charge is 2.13. The van der Waals surface area contributed by atoms with Gasteiger partial charge in [0.2, 0.25) is 5.91 Å². The summed E-state index contributed by atoms with van der Waals surface area (Å²) < 4.78 is 1.91. The summed E-state index contributed by atoms with van der Waals surface area (Å²) in [6, 6.07) is 9.89. The Morgan fingerprint density at radius 1 is 1.30 bits per heavy atom. The van der Waals surface area contributed by atoms with E-state index < -0.39 is 0 Å². The van der Waals surface area contributed by atoms with Crippen LogP contribution in [0.3, 0.4) is 0 Å². The first-order valence-electron chi connectivity index (χ1n) is 7.80. The minimum atomic E-state index is 0.0105. The number of amides is 1. The van der Waals surface area contributed by atoms with Crippen molar-refractivity contribution in [2.75, 3.05) is 6.54 Å². The summed E-state index contributed by atoms with van der Waals surface area (Å²) in [6.45, 7) is 5.27. The summed E-state index contributed by atoms with van der Waals surface area (Å²) >= 11 is 6.07. The predicted octanol–water partition coefficient (Wildman–Crippen LogP) is 2.78. The third-order valence-corrected chi connectivity index (χ3v) is 4.29. The number of carbonyl (C=O) groups is 1. The Bertz CT molecular complexity index is 615. The van der Waals surface area contributed by atoms with Crippen LogP contribution in [0.4, 0.5) is 0 Å². The van der Waals surface area contributed by atoms with Crippen LogP contribution in [0.1, 0.15) is 31.9 Å². The van der Waals surface area contributed by atoms with Gasteiger partial charge in [0.1, 0.15) is 0 Å². The van der Waals surface area contributed by atoms with E-state index in [4.69, 9.17) is 11.6 Å². The first-order chi connectivity index (χ1) is 11.1. The minimum Gasteiger partial charge on any atom is -0.352 e. The molecule has 2 rings (SSSR count). The first kappa shape index (κ1) is 17.5. The number of aromatic nitrogens is 2. The lowest BCUT2D eigenvalue weighted by molar-refractivity contribution is -0.121. The van der Waals surface area contributed by atoms with Gasteiger partial charge in [0, 0.05) is 43.0 Å². The van der Waals surface area contributed by atoms with E-state index in [1.165, 1.54) is 0 Å². The minimum absolute atomic E-state index is 0.0105. The summed E-state index contributed by atoms with van der Waals surface area (Å²) in [6.07, 6.45) is 4.14. The lowest BCUT2D eigenvalue weighted by Crippen LogP contribution is -2.36. The molecule has 0 aliphatic heterocycles. The van der Waals surface area contributed by atoms with Crippen LogP contribution in [-0.4, -0.2) is 28.3 Å². The van der Waals surface area contributed by atoms with Crippen molar-refractivity contribution in [3.05, 3.63) is 53.3 Å². The number of carbonyl (C=O) groups excluding carboxylic acids is 1. The van der Waals surface area contributed by atoms with Crippen molar-refractivity contribution in [2.24, 2.45) is 0 Å². The number of rotatable bonds is 8. The van der Waals surface area contributed by atoms with E-state index in [0.29, 0.717) is 24.5 Å². The van der Waals surface area contributed by atoms with Crippen LogP contribution in [-0.2, 0) is 11.3 Å². The molecule has 0 saturated carbocycles. The lowest BCUT2D eigenvalue weighted by Gasteiger charge is -2.21. The van der Waals surface area contributed by atoms with Gasteiger partial charge in [-0.3, -0.25) is 9.48 Å². The number of hydrogen-bond donors (Lipinski definition) is 2. The molecule has 0 unspecified atom stereocenters. The number of hydrogen-bond acceptors (Lipinski definition) is 3. The number of benzene rings is 1. The molecule has 6 heteroatoms. The maximum atomic E-state index is 11.9. The average Bonchev–Trinajstić information content (AvgIpc) is 3.07. The van der Waals surface area contributed by atoms with Gasteiger partial charge in [-0.25, -0.2) is 0 Å². The second kappa shape index (κ2) is 8.70. The molecule has 0 fully saturated rings. The highest BCUT2D eigenvalue weighted by Crippen LogP contribution is 2.14. The van der Waals surface area contributed by atoms with E-state index in [-0.39, 0.29) is 18.0 Å². The first-order valence-corrected chi connectivity index (χ1v) is 8.18. The molecule has 5 nitrogen and oxygen atoms in total. The molecule has 23 heavy (non-hydrogen) atoms. The number of nitrogens with zero attached hydrogens (tertiary/aromatic N) is 2. The summed E-state index contributed by atoms with van der Waals surface area (Å²) in [5.74, 6) is 0.0105. The van der Waals surface area contributed by atoms with Crippen molar-refractivity contribution >= 4 is 17.5 Å². The Morgan fingerprint density at radius 2 is 2.09 bits per heavy atom. The van der Waals surface area contributed by atoms with Crippen molar-refractivity contribution < 1.29 is 4.79 Å². The Kier molecular flexibility index (Phi) is 6.62. The molecule has 2 atom stereocenters. The van der Waals surface area contributed by atoms with Crippen molar-refractivity contribution in [3.8, 4) is 0 Å². The lowest BCUT2D eigenvalue weighted by atomic mass is 10.1. The van der Waals surface area contributed by atoms with Crippen molar-refractivity contribution in [1.82, 2.24) is 20.4 Å². The van der Waals surface area contributed by atoms with Gasteiger partial charge in [0.15, 0.2) is 0 Å². The molecule has 0 saturated heterocycles. The van der Waals surface area contributed by atoms with Crippen LogP contribution in [0.2, 0.25) is 5.02 Å². The van der Waals surface area contributed by atoms with E-state index in [0.717, 1.165) is 5.56 Å². The Balaban J connectivity index is 1.67. The van der Waals surface area contributed by atoms with Crippen LogP contribution < -0.4 is 10.6 Å². The fraction of sp³-hybridized carbons (Fsp3) is 0.412. The van der Waals surface area contributed by atoms with E-state index in [1.807, 2.05) is 41.2 Å². The zero-order valence-corrected chi connectivity index (χ0v) is 14.3. The standard InChI is InChI=1S/C17H23ClN4O/c1-13(14(2)22-11-5-9-21-22)19-10-8-17(23)20-12-15-6-3-4-7-16(15)18/h3-7,9,11,13-14,19H,8,10,12H2,1-2H3,(H,20,23)/t13-,14+/m1/s1. The van der Waals surface area contributed by atoms with Gasteiger partial charge in [-0.05, 0) is 31.5 Å². The Labute approximate surface area is 142 Å². The SMILES string of the molecule is C[C@@H](NCCC(=O)NCc1ccccc1Cl)[C@H](C)n1cccn1. The largest absolute Gasteiger partial charge is 0.352 e. The van der Waals surface area contributed by atoms with Crippen LogP contribution >= 0.6 is 11.6 Å². The molecular formula is C17H23ClN4O. The molecule has 1 heterocycles. The van der Waals surface area contributed by atoms with E-state index in [2.05, 4.69) is 29.6 Å². The highest BCUT2D eigenvalue weighted by molar-refractivity contribution is 6.31. The van der Waals surface area contributed by atoms with Gasteiger partial charge in [0.25, 0.3) is 0 Å². The zero-order valence-electron chi connectivity index (χ0n) is 13.5. The molecule has 2 N–H and O–H groups in total. The average molecular weight is 335 g/mol. The molecule has 2 aromatic rings. The van der Waals surface area contributed by atoms with Gasteiger partial charge >= 0.3 is 0 Å². The van der Waals surface area contributed by atoms with Crippen molar-refractivity contribution in [1.29, 1.82) is 0 Å². The number of halogens is 1. The van der Waals surface area contributed by atoms with E-state index in [1.54, 1.807) is 6.20 Å². The molecule has 0 aliphatic carbocycles. The normalized spacial score (nSPS) is 13.5. The summed E-state index contributed by atoms with van der Waals surface area (Å²) in [7, 11) is 0. The van der Waals surface area contributed by atoms with Gasteiger partial charge in [0.05, 0.1) is 6.04 Å². The molecular weight excluding hydrogens is 312 g/mol. The third-order valence-electron chi connectivity index (χ3n) is 3.92. The predicted molar refractivity (Wildman–Crippen MR) is 92.3 cm³/mol. The topological polar surface area (TPSA) is 59.0 Å². The highest BCUT2D eigenvalue weighted by atomic mass is 35.5. The van der Waals surface area contributed by atoms with Crippen molar-refractivity contribution in [2.45, 2.75) is 38.9 Å². The van der Waals surface area contributed by atoms with E-state index in [9.17, 15) is 4.79 Å². The Hall–Kier alpha value is -1.85. The van der Waals surface area contributed by atoms with Crippen LogP contribution in [0.5, 0.6) is 0 Å². The van der Waals surface area contributed by atoms with Gasteiger partial charge < -0.3 is 10.6 Å². The van der Waals surface area contributed by atoms with Gasteiger partial charge in [-0.15, -0.1) is 0 Å². The van der Waals surface area contributed by atoms with Crippen LogP contribution in [0, 0.1) is 0 Å². The smallest absolute Gasteiger partial charge is 0.221 e. The monoisotopic (exact) mass is 334 g/mol. The maximum Gasteiger partial charge on any atom is 0.221 e. The second-order valence-electron chi connectivity index (χ2n) is 5.59. The van der Waals surface area contributed by atoms with E-state index >= 15 is 0 Å². The molecule has 0 radical (unpaired) electrons. The fourth-order valence-electron chi connectivity index (χ4n) is 2.26. The summed E-state index contributed by atoms with van der Waals surface area (Å²) in [4.78, 5) is 11.9. The molecule has 0 bridgehead atoms. The van der Waals surface area contributed by atoms with Gasteiger partial charge in [-0.2, -0.15) is 5.10 Å². The second-order valence-corrected chi connectivity index (χ2v) is 5.99. The summed E-state index contributed by atoms with van der Waals surface area (Å²) in [5, 5.41) is 11.2. The van der Waals surface area contributed by atoms with Crippen LogP contribution in [0.15, 0.2) is 42.7 Å². The fourth-order valence-corrected chi connectivity index (χ4v) is 2.46. The maximum absolute atomic E-state index is 11.9.